The maximum absolute atomic E-state index is 15.1. The zero-order valence-electron chi connectivity index (χ0n) is 21.4. The van der Waals surface area contributed by atoms with Gasteiger partial charge in [0, 0.05) is 42.2 Å². The van der Waals surface area contributed by atoms with Crippen molar-refractivity contribution in [3.8, 4) is 28.4 Å². The maximum Gasteiger partial charge on any atom is 0.200 e. The first-order chi connectivity index (χ1) is 19.4. The molecule has 0 atom stereocenters. The quantitative estimate of drug-likeness (QED) is 0.231. The molecule has 7 nitrogen and oxygen atoms in total. The summed E-state index contributed by atoms with van der Waals surface area (Å²) in [6.07, 6.45) is 6.15. The minimum atomic E-state index is -0.672. The Morgan fingerprint density at radius 2 is 1.82 bits per heavy atom. The molecule has 40 heavy (non-hydrogen) atoms. The third kappa shape index (κ3) is 4.93. The van der Waals surface area contributed by atoms with Gasteiger partial charge in [0.15, 0.2) is 28.5 Å². The minimum absolute atomic E-state index is 0.0331. The van der Waals surface area contributed by atoms with Gasteiger partial charge in [-0.2, -0.15) is 0 Å². The summed E-state index contributed by atoms with van der Waals surface area (Å²) in [5.41, 5.74) is 2.55. The number of nitrogens with zero attached hydrogens (tertiary/aromatic N) is 2. The number of ketones is 1. The third-order valence-electron chi connectivity index (χ3n) is 6.86. The second kappa shape index (κ2) is 10.3. The van der Waals surface area contributed by atoms with Crippen LogP contribution in [0.1, 0.15) is 40.4 Å². The van der Waals surface area contributed by atoms with Crippen molar-refractivity contribution in [1.29, 1.82) is 0 Å². The number of H-pyrrole nitrogens is 1. The molecule has 0 radical (unpaired) electrons. The van der Waals surface area contributed by atoms with Crippen molar-refractivity contribution in [2.24, 2.45) is 0 Å². The molecular formula is C31H23F2N3O4. The van der Waals surface area contributed by atoms with E-state index in [0.717, 1.165) is 18.5 Å². The zero-order chi connectivity index (χ0) is 27.8. The molecule has 0 saturated heterocycles. The summed E-state index contributed by atoms with van der Waals surface area (Å²) < 4.78 is 39.5. The number of hydrogen-bond donors (Lipinski definition) is 1. The fourth-order valence-electron chi connectivity index (χ4n) is 4.67. The SMILES string of the molecule is COc1cnc2c(Oc3ccc(CC(=O)c4c[nH]c(C5CC5)c(-c5ccc(F)cc5)c4=O)cc3F)ccnc2c1. The van der Waals surface area contributed by atoms with Crippen molar-refractivity contribution in [2.45, 2.75) is 25.2 Å². The van der Waals surface area contributed by atoms with Gasteiger partial charge in [-0.15, -0.1) is 0 Å². The van der Waals surface area contributed by atoms with Crippen LogP contribution in [0.3, 0.4) is 0 Å². The molecule has 0 spiro atoms. The van der Waals surface area contributed by atoms with E-state index in [1.54, 1.807) is 18.2 Å². The van der Waals surface area contributed by atoms with E-state index in [4.69, 9.17) is 9.47 Å². The van der Waals surface area contributed by atoms with Crippen molar-refractivity contribution in [3.63, 3.8) is 0 Å². The van der Waals surface area contributed by atoms with E-state index in [-0.39, 0.29) is 23.7 Å². The van der Waals surface area contributed by atoms with Crippen LogP contribution in [0.25, 0.3) is 22.2 Å². The Bertz CT molecular complexity index is 1810. The van der Waals surface area contributed by atoms with Gasteiger partial charge < -0.3 is 14.5 Å². The number of fused-ring (bicyclic) bond motifs is 1. The average Bonchev–Trinajstić information content (AvgIpc) is 3.80. The maximum atomic E-state index is 15.1. The number of aromatic amines is 1. The lowest BCUT2D eigenvalue weighted by Gasteiger charge is -2.12. The smallest absolute Gasteiger partial charge is 0.200 e. The molecule has 200 valence electrons. The monoisotopic (exact) mass is 539 g/mol. The van der Waals surface area contributed by atoms with Crippen LogP contribution in [-0.2, 0) is 6.42 Å². The highest BCUT2D eigenvalue weighted by molar-refractivity contribution is 5.98. The molecule has 1 N–H and O–H groups in total. The molecule has 0 unspecified atom stereocenters. The van der Waals surface area contributed by atoms with Crippen LogP contribution >= 0.6 is 0 Å². The number of pyridine rings is 3. The largest absolute Gasteiger partial charge is 0.495 e. The number of hydrogen-bond acceptors (Lipinski definition) is 6. The van der Waals surface area contributed by atoms with Gasteiger partial charge >= 0.3 is 0 Å². The van der Waals surface area contributed by atoms with Gasteiger partial charge in [0.2, 0.25) is 0 Å². The van der Waals surface area contributed by atoms with E-state index in [1.165, 1.54) is 62.1 Å². The summed E-state index contributed by atoms with van der Waals surface area (Å²) in [5.74, 6) is -0.551. The number of ether oxygens (including phenoxy) is 2. The number of benzene rings is 2. The topological polar surface area (TPSA) is 94.2 Å². The lowest BCUT2D eigenvalue weighted by molar-refractivity contribution is 0.0991. The second-order valence-corrected chi connectivity index (χ2v) is 9.62. The number of Topliss-reactive ketones (excluding diaryl/α,β-unsaturated/α-hetero) is 1. The molecule has 0 aliphatic heterocycles. The van der Waals surface area contributed by atoms with Gasteiger partial charge in [-0.25, -0.2) is 13.8 Å². The first-order valence-electron chi connectivity index (χ1n) is 12.7. The molecule has 0 amide bonds. The van der Waals surface area contributed by atoms with E-state index in [0.29, 0.717) is 39.2 Å². The minimum Gasteiger partial charge on any atom is -0.495 e. The molecule has 0 bridgehead atoms. The summed E-state index contributed by atoms with van der Waals surface area (Å²) in [7, 11) is 1.52. The van der Waals surface area contributed by atoms with Crippen molar-refractivity contribution < 1.29 is 23.0 Å². The number of carbonyl (C=O) groups is 1. The molecule has 1 fully saturated rings. The standard InChI is InChI=1S/C31H23F2N3O4/c1-39-21-14-24-30(35-15-21)27(10-11-34-24)40-26-9-2-17(12-23(26)33)13-25(37)22-16-36-29(19-3-4-19)28(31(22)38)18-5-7-20(32)8-6-18/h2,5-12,14-16,19H,3-4,13H2,1H3,(H,36,38). The molecule has 3 heterocycles. The van der Waals surface area contributed by atoms with Crippen LogP contribution < -0.4 is 14.9 Å². The lowest BCUT2D eigenvalue weighted by atomic mass is 9.96. The lowest BCUT2D eigenvalue weighted by Crippen LogP contribution is -2.21. The van der Waals surface area contributed by atoms with Crippen molar-refractivity contribution in [3.05, 3.63) is 112 Å². The van der Waals surface area contributed by atoms with Crippen LogP contribution in [0.5, 0.6) is 17.2 Å². The predicted molar refractivity (Wildman–Crippen MR) is 145 cm³/mol. The van der Waals surface area contributed by atoms with Crippen molar-refractivity contribution in [2.75, 3.05) is 7.11 Å². The molecule has 5 aromatic rings. The molecule has 1 aliphatic carbocycles. The van der Waals surface area contributed by atoms with E-state index >= 15 is 4.39 Å². The predicted octanol–water partition coefficient (Wildman–Crippen LogP) is 6.37. The Morgan fingerprint density at radius 3 is 2.55 bits per heavy atom. The molecule has 6 rings (SSSR count). The molecular weight excluding hydrogens is 516 g/mol. The Hall–Kier alpha value is -4.92. The summed E-state index contributed by atoms with van der Waals surface area (Å²) in [6.45, 7) is 0. The first kappa shape index (κ1) is 25.4. The van der Waals surface area contributed by atoms with Crippen molar-refractivity contribution >= 4 is 16.8 Å². The number of rotatable bonds is 8. The van der Waals surface area contributed by atoms with Gasteiger partial charge in [0.1, 0.15) is 17.1 Å². The summed E-state index contributed by atoms with van der Waals surface area (Å²) in [5, 5.41) is 0. The van der Waals surface area contributed by atoms with E-state index in [9.17, 15) is 14.0 Å². The van der Waals surface area contributed by atoms with Crippen LogP contribution in [0.2, 0.25) is 0 Å². The van der Waals surface area contributed by atoms with Gasteiger partial charge in [0.25, 0.3) is 0 Å². The fraction of sp³-hybridized carbons (Fsp3) is 0.161. The fourth-order valence-corrected chi connectivity index (χ4v) is 4.67. The number of methoxy groups -OCH3 is 1. The van der Waals surface area contributed by atoms with E-state index < -0.39 is 22.8 Å². The average molecular weight is 540 g/mol. The Balaban J connectivity index is 1.25. The first-order valence-corrected chi connectivity index (χ1v) is 12.7. The highest BCUT2D eigenvalue weighted by Gasteiger charge is 2.30. The van der Waals surface area contributed by atoms with Gasteiger partial charge in [-0.05, 0) is 54.2 Å². The van der Waals surface area contributed by atoms with Crippen LogP contribution in [-0.4, -0.2) is 27.8 Å². The Kier molecular flexibility index (Phi) is 6.55. The third-order valence-corrected chi connectivity index (χ3v) is 6.86. The van der Waals surface area contributed by atoms with E-state index in [1.807, 2.05) is 0 Å². The second-order valence-electron chi connectivity index (χ2n) is 9.62. The highest BCUT2D eigenvalue weighted by Crippen LogP contribution is 2.42. The summed E-state index contributed by atoms with van der Waals surface area (Å²) in [6, 6.07) is 13.1. The molecule has 9 heteroatoms. The number of nitrogens with one attached hydrogen (secondary N) is 1. The van der Waals surface area contributed by atoms with Crippen LogP contribution in [0, 0.1) is 11.6 Å². The summed E-state index contributed by atoms with van der Waals surface area (Å²) in [4.78, 5) is 38.3. The number of aromatic nitrogens is 3. The summed E-state index contributed by atoms with van der Waals surface area (Å²) >= 11 is 0. The van der Waals surface area contributed by atoms with Gasteiger partial charge in [-0.1, -0.05) is 18.2 Å². The highest BCUT2D eigenvalue weighted by atomic mass is 19.1. The Morgan fingerprint density at radius 1 is 1.02 bits per heavy atom. The van der Waals surface area contributed by atoms with Crippen molar-refractivity contribution in [1.82, 2.24) is 15.0 Å². The van der Waals surface area contributed by atoms with Gasteiger partial charge in [0.05, 0.1) is 24.4 Å². The molecule has 2 aromatic carbocycles. The van der Waals surface area contributed by atoms with E-state index in [2.05, 4.69) is 15.0 Å². The van der Waals surface area contributed by atoms with Crippen LogP contribution in [0.15, 0.2) is 78.0 Å². The Labute approximate surface area is 227 Å². The zero-order valence-corrected chi connectivity index (χ0v) is 21.4. The number of halogens is 2. The molecule has 3 aromatic heterocycles. The van der Waals surface area contributed by atoms with Crippen LogP contribution in [0.4, 0.5) is 8.78 Å². The van der Waals surface area contributed by atoms with Gasteiger partial charge in [-0.3, -0.25) is 14.6 Å². The molecule has 1 aliphatic rings. The normalized spacial score (nSPS) is 12.9. The number of carbonyl (C=O) groups excluding carboxylic acids is 1. The molecule has 1 saturated carbocycles.